The van der Waals surface area contributed by atoms with Gasteiger partial charge >= 0.3 is 5.97 Å². The van der Waals surface area contributed by atoms with Crippen LogP contribution >= 0.6 is 11.3 Å². The summed E-state index contributed by atoms with van der Waals surface area (Å²) in [4.78, 5) is 37.2. The van der Waals surface area contributed by atoms with Crippen LogP contribution in [0.1, 0.15) is 35.5 Å². The minimum Gasteiger partial charge on any atom is -0.452 e. The van der Waals surface area contributed by atoms with E-state index >= 15 is 0 Å². The Balaban J connectivity index is 1.37. The predicted octanol–water partition coefficient (Wildman–Crippen LogP) is 4.41. The number of aromatic nitrogens is 2. The van der Waals surface area contributed by atoms with Crippen molar-refractivity contribution in [3.63, 3.8) is 0 Å². The average Bonchev–Trinajstić information content (AvgIpc) is 3.22. The van der Waals surface area contributed by atoms with Crippen LogP contribution in [0.2, 0.25) is 0 Å². The van der Waals surface area contributed by atoms with Gasteiger partial charge in [0.2, 0.25) is 0 Å². The standard InChI is InChI=1S/C25H24N4O3S/c1-15(2)29-12-11-19-17(13-29)23(16-7-3-4-8-18(16)26-19)24(31)32-14-22(30)28-25-27-20-9-5-6-10-21(20)33-25/h3-10,15H,11-14H2,1-2H3,(H,27,28,30). The number of nitrogens with zero attached hydrogens (tertiary/aromatic N) is 3. The van der Waals surface area contributed by atoms with Gasteiger partial charge in [-0.2, -0.15) is 0 Å². The van der Waals surface area contributed by atoms with Crippen molar-refractivity contribution in [3.8, 4) is 0 Å². The van der Waals surface area contributed by atoms with Crippen LogP contribution in [0.5, 0.6) is 0 Å². The minimum atomic E-state index is -0.505. The second kappa shape index (κ2) is 8.88. The zero-order valence-electron chi connectivity index (χ0n) is 18.5. The molecule has 1 aliphatic heterocycles. The summed E-state index contributed by atoms with van der Waals surface area (Å²) in [5.41, 5.74) is 3.91. The van der Waals surface area contributed by atoms with Gasteiger partial charge in [0.05, 0.1) is 21.3 Å². The van der Waals surface area contributed by atoms with Gasteiger partial charge in [-0.1, -0.05) is 41.7 Å². The molecule has 0 saturated heterocycles. The number of pyridine rings is 1. The molecule has 4 aromatic rings. The van der Waals surface area contributed by atoms with Crippen molar-refractivity contribution in [1.29, 1.82) is 0 Å². The summed E-state index contributed by atoms with van der Waals surface area (Å²) in [7, 11) is 0. The molecule has 168 valence electrons. The van der Waals surface area contributed by atoms with E-state index < -0.39 is 11.9 Å². The third kappa shape index (κ3) is 4.31. The number of hydrogen-bond donors (Lipinski definition) is 1. The fourth-order valence-electron chi connectivity index (χ4n) is 4.17. The number of hydrogen-bond acceptors (Lipinski definition) is 7. The summed E-state index contributed by atoms with van der Waals surface area (Å²) < 4.78 is 6.47. The number of para-hydroxylation sites is 2. The molecule has 0 saturated carbocycles. The van der Waals surface area contributed by atoms with E-state index in [1.165, 1.54) is 11.3 Å². The molecule has 33 heavy (non-hydrogen) atoms. The van der Waals surface area contributed by atoms with E-state index in [4.69, 9.17) is 9.72 Å². The van der Waals surface area contributed by atoms with Crippen molar-refractivity contribution in [2.75, 3.05) is 18.5 Å². The first kappa shape index (κ1) is 21.5. The van der Waals surface area contributed by atoms with Crippen molar-refractivity contribution < 1.29 is 14.3 Å². The Kier molecular flexibility index (Phi) is 5.78. The molecular weight excluding hydrogens is 436 g/mol. The number of fused-ring (bicyclic) bond motifs is 3. The number of anilines is 1. The van der Waals surface area contributed by atoms with E-state index in [9.17, 15) is 9.59 Å². The SMILES string of the molecule is CC(C)N1CCc2nc3ccccc3c(C(=O)OCC(=O)Nc3nc4ccccc4s3)c2C1. The first-order valence-electron chi connectivity index (χ1n) is 11.0. The van der Waals surface area contributed by atoms with Gasteiger partial charge in [-0.3, -0.25) is 20.0 Å². The first-order valence-corrected chi connectivity index (χ1v) is 11.8. The molecule has 0 atom stereocenters. The van der Waals surface area contributed by atoms with Crippen LogP contribution in [0.3, 0.4) is 0 Å². The summed E-state index contributed by atoms with van der Waals surface area (Å²) in [5, 5.41) is 3.96. The summed E-state index contributed by atoms with van der Waals surface area (Å²) in [6, 6.07) is 15.6. The Morgan fingerprint density at radius 2 is 1.85 bits per heavy atom. The summed E-state index contributed by atoms with van der Waals surface area (Å²) in [6.45, 7) is 5.43. The number of esters is 1. The molecule has 0 bridgehead atoms. The molecule has 0 radical (unpaired) electrons. The average molecular weight is 461 g/mol. The van der Waals surface area contributed by atoms with E-state index in [1.807, 2.05) is 48.5 Å². The largest absolute Gasteiger partial charge is 0.452 e. The van der Waals surface area contributed by atoms with Crippen LogP contribution < -0.4 is 5.32 Å². The van der Waals surface area contributed by atoms with Gasteiger partial charge in [0.25, 0.3) is 5.91 Å². The van der Waals surface area contributed by atoms with Gasteiger partial charge in [0.1, 0.15) is 0 Å². The van der Waals surface area contributed by atoms with Crippen molar-refractivity contribution in [2.45, 2.75) is 32.9 Å². The number of ether oxygens (including phenoxy) is 1. The summed E-state index contributed by atoms with van der Waals surface area (Å²) in [5.74, 6) is -0.923. The van der Waals surface area contributed by atoms with Gasteiger partial charge in [-0.15, -0.1) is 0 Å². The minimum absolute atomic E-state index is 0.355. The maximum Gasteiger partial charge on any atom is 0.339 e. The number of rotatable bonds is 5. The topological polar surface area (TPSA) is 84.4 Å². The summed E-state index contributed by atoms with van der Waals surface area (Å²) in [6.07, 6.45) is 0.775. The van der Waals surface area contributed by atoms with Crippen LogP contribution in [0.4, 0.5) is 5.13 Å². The predicted molar refractivity (Wildman–Crippen MR) is 130 cm³/mol. The Labute approximate surface area is 195 Å². The van der Waals surface area contributed by atoms with Crippen molar-refractivity contribution >= 4 is 49.5 Å². The number of nitrogens with one attached hydrogen (secondary N) is 1. The van der Waals surface area contributed by atoms with Gasteiger partial charge in [0, 0.05) is 42.2 Å². The molecule has 0 unspecified atom stereocenters. The fourth-order valence-corrected chi connectivity index (χ4v) is 5.05. The molecule has 2 aromatic carbocycles. The number of amides is 1. The molecule has 1 aliphatic rings. The van der Waals surface area contributed by atoms with E-state index in [2.05, 4.69) is 29.0 Å². The maximum absolute atomic E-state index is 13.2. The lowest BCUT2D eigenvalue weighted by Gasteiger charge is -2.32. The lowest BCUT2D eigenvalue weighted by Crippen LogP contribution is -2.37. The van der Waals surface area contributed by atoms with Crippen molar-refractivity contribution in [2.24, 2.45) is 0 Å². The van der Waals surface area contributed by atoms with Gasteiger partial charge < -0.3 is 4.74 Å². The third-order valence-electron chi connectivity index (χ3n) is 5.88. The second-order valence-electron chi connectivity index (χ2n) is 8.35. The molecule has 5 rings (SSSR count). The lowest BCUT2D eigenvalue weighted by atomic mass is 9.95. The molecule has 0 fully saturated rings. The number of thiazole rings is 1. The van der Waals surface area contributed by atoms with Crippen LogP contribution in [0, 0.1) is 0 Å². The monoisotopic (exact) mass is 460 g/mol. The molecule has 0 aliphatic carbocycles. The number of carbonyl (C=O) groups excluding carboxylic acids is 2. The molecule has 1 amide bonds. The smallest absolute Gasteiger partial charge is 0.339 e. The van der Waals surface area contributed by atoms with Crippen molar-refractivity contribution in [3.05, 3.63) is 65.4 Å². The first-order chi connectivity index (χ1) is 16.0. The molecule has 8 heteroatoms. The highest BCUT2D eigenvalue weighted by atomic mass is 32.1. The van der Waals surface area contributed by atoms with Gasteiger partial charge in [-0.25, -0.2) is 9.78 Å². The van der Waals surface area contributed by atoms with Crippen LogP contribution in [-0.4, -0.2) is 45.9 Å². The fraction of sp³-hybridized carbons (Fsp3) is 0.280. The Morgan fingerprint density at radius 1 is 1.09 bits per heavy atom. The van der Waals surface area contributed by atoms with Crippen molar-refractivity contribution in [1.82, 2.24) is 14.9 Å². The zero-order chi connectivity index (χ0) is 22.9. The van der Waals surface area contributed by atoms with E-state index in [0.717, 1.165) is 45.3 Å². The third-order valence-corrected chi connectivity index (χ3v) is 6.84. The van der Waals surface area contributed by atoms with Gasteiger partial charge in [0.15, 0.2) is 11.7 Å². The van der Waals surface area contributed by atoms with Crippen LogP contribution in [0.25, 0.3) is 21.1 Å². The van der Waals surface area contributed by atoms with E-state index in [-0.39, 0.29) is 6.61 Å². The highest BCUT2D eigenvalue weighted by Crippen LogP contribution is 2.30. The number of carbonyl (C=O) groups is 2. The molecule has 3 heterocycles. The normalized spacial score (nSPS) is 13.9. The molecule has 1 N–H and O–H groups in total. The quantitative estimate of drug-likeness (QED) is 0.444. The van der Waals surface area contributed by atoms with E-state index in [0.29, 0.717) is 23.3 Å². The zero-order valence-corrected chi connectivity index (χ0v) is 19.3. The Hall–Kier alpha value is -3.36. The summed E-state index contributed by atoms with van der Waals surface area (Å²) >= 11 is 1.38. The lowest BCUT2D eigenvalue weighted by molar-refractivity contribution is -0.119. The highest BCUT2D eigenvalue weighted by molar-refractivity contribution is 7.22. The Morgan fingerprint density at radius 3 is 2.64 bits per heavy atom. The molecule has 2 aromatic heterocycles. The van der Waals surface area contributed by atoms with Gasteiger partial charge in [-0.05, 0) is 32.0 Å². The number of benzene rings is 2. The van der Waals surface area contributed by atoms with Crippen LogP contribution in [-0.2, 0) is 22.5 Å². The molecule has 0 spiro atoms. The maximum atomic E-state index is 13.2. The van der Waals surface area contributed by atoms with E-state index in [1.54, 1.807) is 0 Å². The molecular formula is C25H24N4O3S. The second-order valence-corrected chi connectivity index (χ2v) is 9.39. The highest BCUT2D eigenvalue weighted by Gasteiger charge is 2.28. The van der Waals surface area contributed by atoms with Crippen LogP contribution in [0.15, 0.2) is 48.5 Å². The molecule has 7 nitrogen and oxygen atoms in total. The Bertz CT molecular complexity index is 1330.